The van der Waals surface area contributed by atoms with Crippen molar-refractivity contribution in [3.63, 3.8) is 0 Å². The van der Waals surface area contributed by atoms with Gasteiger partial charge in [-0.3, -0.25) is 9.59 Å². The smallest absolute Gasteiger partial charge is 0.252 e. The van der Waals surface area contributed by atoms with Gasteiger partial charge in [0.15, 0.2) is 0 Å². The Kier molecular flexibility index (Phi) is 7.11. The van der Waals surface area contributed by atoms with Crippen molar-refractivity contribution in [2.75, 3.05) is 32.7 Å². The number of carbonyl (C=O) groups excluding carboxylic acids is 2. The van der Waals surface area contributed by atoms with Crippen molar-refractivity contribution in [2.24, 2.45) is 5.41 Å². The van der Waals surface area contributed by atoms with E-state index in [1.54, 1.807) is 24.3 Å². The first-order valence-electron chi connectivity index (χ1n) is 8.61. The van der Waals surface area contributed by atoms with E-state index in [-0.39, 0.29) is 29.6 Å². The van der Waals surface area contributed by atoms with E-state index >= 15 is 0 Å². The molecule has 0 aromatic heterocycles. The minimum atomic E-state index is -0.193. The molecule has 2 amide bonds. The van der Waals surface area contributed by atoms with Crippen LogP contribution in [0.1, 0.15) is 36.0 Å². The molecule has 2 saturated heterocycles. The van der Waals surface area contributed by atoms with Gasteiger partial charge in [0.05, 0.1) is 10.6 Å². The molecule has 0 radical (unpaired) electrons. The number of rotatable bonds is 4. The number of likely N-dealkylation sites (tertiary alicyclic amines) is 1. The first kappa shape index (κ1) is 20.0. The fourth-order valence-electron chi connectivity index (χ4n) is 3.72. The number of halogens is 2. The van der Waals surface area contributed by atoms with Gasteiger partial charge in [-0.25, -0.2) is 0 Å². The number of amides is 2. The fraction of sp³-hybridized carbons (Fsp3) is 0.556. The molecular formula is C18H25Cl2N3O2. The van der Waals surface area contributed by atoms with Crippen LogP contribution in [0.2, 0.25) is 5.02 Å². The van der Waals surface area contributed by atoms with Gasteiger partial charge in [0, 0.05) is 26.1 Å². The molecule has 7 heteroatoms. The molecule has 1 aromatic rings. The highest BCUT2D eigenvalue weighted by atomic mass is 35.5. The van der Waals surface area contributed by atoms with E-state index in [0.717, 1.165) is 38.9 Å². The molecular weight excluding hydrogens is 361 g/mol. The topological polar surface area (TPSA) is 61.4 Å². The second-order valence-corrected chi connectivity index (χ2v) is 7.21. The summed E-state index contributed by atoms with van der Waals surface area (Å²) in [5, 5.41) is 6.70. The van der Waals surface area contributed by atoms with Crippen LogP contribution in [-0.4, -0.2) is 49.4 Å². The second kappa shape index (κ2) is 8.88. The zero-order valence-electron chi connectivity index (χ0n) is 14.2. The van der Waals surface area contributed by atoms with Crippen molar-refractivity contribution in [1.82, 2.24) is 15.5 Å². The fourth-order valence-corrected chi connectivity index (χ4v) is 3.94. The lowest BCUT2D eigenvalue weighted by molar-refractivity contribution is -0.138. The molecule has 0 bridgehead atoms. The Hall–Kier alpha value is -1.30. The minimum Gasteiger partial charge on any atom is -0.350 e. The van der Waals surface area contributed by atoms with E-state index in [4.69, 9.17) is 11.6 Å². The number of benzene rings is 1. The van der Waals surface area contributed by atoms with E-state index in [9.17, 15) is 9.59 Å². The lowest BCUT2D eigenvalue weighted by Gasteiger charge is -2.45. The first-order chi connectivity index (χ1) is 11.6. The van der Waals surface area contributed by atoms with E-state index in [2.05, 4.69) is 10.6 Å². The van der Waals surface area contributed by atoms with Gasteiger partial charge >= 0.3 is 0 Å². The van der Waals surface area contributed by atoms with E-state index in [1.807, 2.05) is 4.90 Å². The molecule has 2 aliphatic heterocycles. The predicted molar refractivity (Wildman–Crippen MR) is 101 cm³/mol. The van der Waals surface area contributed by atoms with Crippen LogP contribution in [0, 0.1) is 5.41 Å². The molecule has 0 unspecified atom stereocenters. The zero-order chi connectivity index (χ0) is 17.0. The van der Waals surface area contributed by atoms with Crippen LogP contribution >= 0.6 is 24.0 Å². The minimum absolute atomic E-state index is 0. The molecule has 0 saturated carbocycles. The van der Waals surface area contributed by atoms with E-state index in [0.29, 0.717) is 30.1 Å². The third-order valence-corrected chi connectivity index (χ3v) is 5.53. The highest BCUT2D eigenvalue weighted by molar-refractivity contribution is 6.33. The number of carbonyl (C=O) groups is 2. The van der Waals surface area contributed by atoms with Gasteiger partial charge in [-0.05, 0) is 49.9 Å². The van der Waals surface area contributed by atoms with Gasteiger partial charge in [-0.15, -0.1) is 12.4 Å². The van der Waals surface area contributed by atoms with Crippen LogP contribution in [0.15, 0.2) is 24.3 Å². The highest BCUT2D eigenvalue weighted by Crippen LogP contribution is 2.38. The van der Waals surface area contributed by atoms with Crippen LogP contribution in [0.5, 0.6) is 0 Å². The normalized spacial score (nSPS) is 19.4. The number of hydrogen-bond acceptors (Lipinski definition) is 3. The summed E-state index contributed by atoms with van der Waals surface area (Å²) in [6.07, 6.45) is 3.87. The largest absolute Gasteiger partial charge is 0.350 e. The summed E-state index contributed by atoms with van der Waals surface area (Å²) in [5.41, 5.74) is 0.741. The molecule has 5 nitrogen and oxygen atoms in total. The Morgan fingerprint density at radius 3 is 2.68 bits per heavy atom. The van der Waals surface area contributed by atoms with Crippen LogP contribution in [0.4, 0.5) is 0 Å². The van der Waals surface area contributed by atoms with Crippen molar-refractivity contribution in [3.05, 3.63) is 34.9 Å². The van der Waals surface area contributed by atoms with Crippen molar-refractivity contribution in [2.45, 2.75) is 25.7 Å². The molecule has 0 atom stereocenters. The maximum atomic E-state index is 12.2. The molecule has 138 valence electrons. The number of hydrogen-bond donors (Lipinski definition) is 2. The third kappa shape index (κ3) is 4.87. The third-order valence-electron chi connectivity index (χ3n) is 5.20. The number of nitrogens with one attached hydrogen (secondary N) is 2. The molecule has 3 rings (SSSR count). The molecule has 2 heterocycles. The van der Waals surface area contributed by atoms with Crippen molar-refractivity contribution < 1.29 is 9.59 Å². The summed E-state index contributed by atoms with van der Waals surface area (Å²) in [6, 6.07) is 6.99. The maximum Gasteiger partial charge on any atom is 0.252 e. The second-order valence-electron chi connectivity index (χ2n) is 6.80. The Morgan fingerprint density at radius 1 is 1.24 bits per heavy atom. The molecule has 2 aliphatic rings. The Labute approximate surface area is 159 Å². The molecule has 1 aromatic carbocycles. The summed E-state index contributed by atoms with van der Waals surface area (Å²) in [4.78, 5) is 26.3. The predicted octanol–water partition coefficient (Wildman–Crippen LogP) is 2.48. The lowest BCUT2D eigenvalue weighted by atomic mass is 9.73. The first-order valence-corrected chi connectivity index (χ1v) is 8.99. The van der Waals surface area contributed by atoms with E-state index in [1.165, 1.54) is 0 Å². The van der Waals surface area contributed by atoms with Gasteiger partial charge in [0.2, 0.25) is 5.91 Å². The number of piperidine rings is 2. The van der Waals surface area contributed by atoms with Gasteiger partial charge in [0.25, 0.3) is 5.91 Å². The molecule has 2 fully saturated rings. The number of nitrogens with zero attached hydrogens (tertiary/aromatic N) is 1. The summed E-state index contributed by atoms with van der Waals surface area (Å²) in [7, 11) is 0. The molecule has 25 heavy (non-hydrogen) atoms. The van der Waals surface area contributed by atoms with Gasteiger partial charge in [-0.2, -0.15) is 0 Å². The summed E-state index contributed by atoms with van der Waals surface area (Å²) < 4.78 is 0. The van der Waals surface area contributed by atoms with Crippen LogP contribution in [0.25, 0.3) is 0 Å². The van der Waals surface area contributed by atoms with E-state index < -0.39 is 0 Å². The monoisotopic (exact) mass is 385 g/mol. The summed E-state index contributed by atoms with van der Waals surface area (Å²) in [5.74, 6) is 0.00721. The van der Waals surface area contributed by atoms with Crippen LogP contribution in [0.3, 0.4) is 0 Å². The van der Waals surface area contributed by atoms with Gasteiger partial charge < -0.3 is 15.5 Å². The molecule has 2 N–H and O–H groups in total. The zero-order valence-corrected chi connectivity index (χ0v) is 15.8. The lowest BCUT2D eigenvalue weighted by Crippen LogP contribution is -2.52. The Morgan fingerprint density at radius 2 is 1.96 bits per heavy atom. The van der Waals surface area contributed by atoms with Crippen molar-refractivity contribution in [1.29, 1.82) is 0 Å². The van der Waals surface area contributed by atoms with Crippen LogP contribution in [-0.2, 0) is 4.79 Å². The highest BCUT2D eigenvalue weighted by Gasteiger charge is 2.39. The van der Waals surface area contributed by atoms with Gasteiger partial charge in [0.1, 0.15) is 0 Å². The Bertz CT molecular complexity index is 618. The Balaban J connectivity index is 0.00000225. The average molecular weight is 386 g/mol. The summed E-state index contributed by atoms with van der Waals surface area (Å²) in [6.45, 7) is 3.89. The summed E-state index contributed by atoms with van der Waals surface area (Å²) >= 11 is 6.04. The molecule has 1 spiro atoms. The maximum absolute atomic E-state index is 12.2. The van der Waals surface area contributed by atoms with Crippen molar-refractivity contribution >= 4 is 35.8 Å². The standard InChI is InChI=1S/C18H24ClN3O2.ClH/c19-15-4-2-1-3-14(15)17(24)21-11-12-22-13-18(6-5-16(22)23)7-9-20-10-8-18;/h1-4,20H,5-13H2,(H,21,24);1H. The SMILES string of the molecule is Cl.O=C(NCCN1CC2(CCNCC2)CCC1=O)c1ccccc1Cl. The average Bonchev–Trinajstić information content (AvgIpc) is 2.59. The van der Waals surface area contributed by atoms with Crippen molar-refractivity contribution in [3.8, 4) is 0 Å². The molecule has 0 aliphatic carbocycles. The van der Waals surface area contributed by atoms with Gasteiger partial charge in [-0.1, -0.05) is 23.7 Å². The quantitative estimate of drug-likeness (QED) is 0.836. The van der Waals surface area contributed by atoms with Crippen LogP contribution < -0.4 is 10.6 Å².